The van der Waals surface area contributed by atoms with Gasteiger partial charge in [-0.05, 0) is 31.1 Å². The summed E-state index contributed by atoms with van der Waals surface area (Å²) in [5.74, 6) is 0.0109. The van der Waals surface area contributed by atoms with Crippen LogP contribution in [0.3, 0.4) is 0 Å². The van der Waals surface area contributed by atoms with Gasteiger partial charge in [0.25, 0.3) is 5.91 Å². The topological polar surface area (TPSA) is 38.1 Å². The van der Waals surface area contributed by atoms with E-state index in [4.69, 9.17) is 11.6 Å². The van der Waals surface area contributed by atoms with E-state index in [1.807, 2.05) is 21.6 Å². The van der Waals surface area contributed by atoms with E-state index in [1.54, 1.807) is 18.5 Å². The van der Waals surface area contributed by atoms with E-state index in [0.717, 1.165) is 36.5 Å². The Morgan fingerprint density at radius 2 is 2.29 bits per heavy atom. The fraction of sp³-hybridized carbons (Fsp3) is 0.250. The molecule has 21 heavy (non-hydrogen) atoms. The third-order valence-corrected chi connectivity index (χ3v) is 4.64. The molecule has 1 aromatic heterocycles. The molecule has 2 aliphatic heterocycles. The zero-order valence-corrected chi connectivity index (χ0v) is 12.2. The van der Waals surface area contributed by atoms with Gasteiger partial charge in [0.1, 0.15) is 6.33 Å². The van der Waals surface area contributed by atoms with Crippen molar-refractivity contribution >= 4 is 23.6 Å². The number of aromatic nitrogens is 2. The van der Waals surface area contributed by atoms with E-state index in [0.29, 0.717) is 10.6 Å². The van der Waals surface area contributed by atoms with Crippen molar-refractivity contribution in [1.82, 2.24) is 14.5 Å². The number of rotatable bonds is 1. The first-order valence-corrected chi connectivity index (χ1v) is 7.39. The SMILES string of the molecule is C=Cc1ncn2c1[C@@H]1CCCN1C(=O)c1c(Cl)cccc1-2. The number of fused-ring (bicyclic) bond motifs is 5. The smallest absolute Gasteiger partial charge is 0.258 e. The number of amides is 1. The van der Waals surface area contributed by atoms with Crippen molar-refractivity contribution in [3.05, 3.63) is 53.1 Å². The highest BCUT2D eigenvalue weighted by molar-refractivity contribution is 6.34. The molecule has 0 unspecified atom stereocenters. The molecule has 0 aliphatic carbocycles. The van der Waals surface area contributed by atoms with E-state index in [-0.39, 0.29) is 11.9 Å². The summed E-state index contributed by atoms with van der Waals surface area (Å²) in [6.45, 7) is 4.60. The lowest BCUT2D eigenvalue weighted by Crippen LogP contribution is -2.30. The summed E-state index contributed by atoms with van der Waals surface area (Å²) >= 11 is 6.31. The van der Waals surface area contributed by atoms with Gasteiger partial charge in [-0.15, -0.1) is 0 Å². The molecule has 1 atom stereocenters. The Morgan fingerprint density at radius 1 is 1.43 bits per heavy atom. The Kier molecular flexibility index (Phi) is 2.69. The second-order valence-electron chi connectivity index (χ2n) is 5.38. The Bertz CT molecular complexity index is 765. The molecule has 3 heterocycles. The zero-order chi connectivity index (χ0) is 14.6. The predicted octanol–water partition coefficient (Wildman–Crippen LogP) is 3.46. The Hall–Kier alpha value is -2.07. The molecule has 0 bridgehead atoms. The summed E-state index contributed by atoms with van der Waals surface area (Å²) in [4.78, 5) is 19.2. The highest BCUT2D eigenvalue weighted by Gasteiger charge is 2.39. The van der Waals surface area contributed by atoms with Crippen LogP contribution in [0.15, 0.2) is 31.1 Å². The largest absolute Gasteiger partial charge is 0.330 e. The lowest BCUT2D eigenvalue weighted by atomic mass is 10.1. The van der Waals surface area contributed by atoms with Crippen LogP contribution in [0.25, 0.3) is 11.8 Å². The maximum atomic E-state index is 12.9. The summed E-state index contributed by atoms with van der Waals surface area (Å²) in [5.41, 5.74) is 3.25. The molecule has 0 spiro atoms. The summed E-state index contributed by atoms with van der Waals surface area (Å²) in [5, 5.41) is 0.491. The van der Waals surface area contributed by atoms with Crippen LogP contribution in [0.5, 0.6) is 0 Å². The maximum absolute atomic E-state index is 12.9. The maximum Gasteiger partial charge on any atom is 0.258 e. The second kappa shape index (κ2) is 4.46. The van der Waals surface area contributed by atoms with Crippen molar-refractivity contribution in [2.75, 3.05) is 6.54 Å². The van der Waals surface area contributed by atoms with Crippen molar-refractivity contribution in [3.63, 3.8) is 0 Å². The van der Waals surface area contributed by atoms with Crippen molar-refractivity contribution in [2.45, 2.75) is 18.9 Å². The lowest BCUT2D eigenvalue weighted by molar-refractivity contribution is 0.0739. The van der Waals surface area contributed by atoms with E-state index in [1.165, 1.54) is 0 Å². The van der Waals surface area contributed by atoms with Gasteiger partial charge in [-0.3, -0.25) is 9.36 Å². The number of hydrogen-bond acceptors (Lipinski definition) is 2. The fourth-order valence-corrected chi connectivity index (χ4v) is 3.67. The monoisotopic (exact) mass is 299 g/mol. The molecule has 2 aromatic rings. The minimum atomic E-state index is 0.0109. The van der Waals surface area contributed by atoms with Crippen LogP contribution in [0.2, 0.25) is 5.02 Å². The van der Waals surface area contributed by atoms with Crippen LogP contribution < -0.4 is 0 Å². The van der Waals surface area contributed by atoms with Gasteiger partial charge in [0, 0.05) is 6.54 Å². The molecule has 1 saturated heterocycles. The lowest BCUT2D eigenvalue weighted by Gasteiger charge is -2.22. The third-order valence-electron chi connectivity index (χ3n) is 4.32. The van der Waals surface area contributed by atoms with Crippen molar-refractivity contribution in [3.8, 4) is 5.69 Å². The van der Waals surface area contributed by atoms with Crippen LogP contribution in [0.4, 0.5) is 0 Å². The number of carbonyl (C=O) groups excluding carboxylic acids is 1. The second-order valence-corrected chi connectivity index (χ2v) is 5.79. The number of nitrogens with zero attached hydrogens (tertiary/aromatic N) is 3. The number of benzene rings is 1. The predicted molar refractivity (Wildman–Crippen MR) is 81.7 cm³/mol. The van der Waals surface area contributed by atoms with Crippen molar-refractivity contribution < 1.29 is 4.79 Å². The molecular formula is C16H14ClN3O. The number of halogens is 1. The van der Waals surface area contributed by atoms with Gasteiger partial charge < -0.3 is 4.90 Å². The summed E-state index contributed by atoms with van der Waals surface area (Å²) in [6.07, 6.45) is 5.46. The number of carbonyl (C=O) groups is 1. The molecule has 1 aromatic carbocycles. The molecule has 0 saturated carbocycles. The summed E-state index contributed by atoms with van der Waals surface area (Å²) in [7, 11) is 0. The van der Waals surface area contributed by atoms with Gasteiger partial charge >= 0.3 is 0 Å². The van der Waals surface area contributed by atoms with Crippen molar-refractivity contribution in [1.29, 1.82) is 0 Å². The highest BCUT2D eigenvalue weighted by atomic mass is 35.5. The molecule has 0 radical (unpaired) electrons. The summed E-state index contributed by atoms with van der Waals surface area (Å²) < 4.78 is 1.99. The minimum Gasteiger partial charge on any atom is -0.330 e. The molecule has 4 rings (SSSR count). The van der Waals surface area contributed by atoms with Crippen LogP contribution in [-0.4, -0.2) is 26.9 Å². The first kappa shape index (κ1) is 12.7. The highest BCUT2D eigenvalue weighted by Crippen LogP contribution is 2.41. The number of imidazole rings is 1. The van der Waals surface area contributed by atoms with Crippen LogP contribution >= 0.6 is 11.6 Å². The molecule has 1 fully saturated rings. The van der Waals surface area contributed by atoms with Gasteiger partial charge in [0.2, 0.25) is 0 Å². The standard InChI is InChI=1S/C16H14ClN3O/c1-2-11-15-13-7-4-8-19(13)16(21)14-10(17)5-3-6-12(14)20(15)9-18-11/h2-3,5-6,9,13H,1,4,7-8H2/t13-/m0/s1. The Morgan fingerprint density at radius 3 is 3.10 bits per heavy atom. The zero-order valence-electron chi connectivity index (χ0n) is 11.4. The first-order valence-electron chi connectivity index (χ1n) is 7.02. The molecule has 5 heteroatoms. The summed E-state index contributed by atoms with van der Waals surface area (Å²) in [6, 6.07) is 5.60. The molecule has 4 nitrogen and oxygen atoms in total. The normalized spacial score (nSPS) is 19.8. The third kappa shape index (κ3) is 1.62. The molecule has 0 N–H and O–H groups in total. The van der Waals surface area contributed by atoms with Crippen LogP contribution in [0.1, 0.15) is 40.6 Å². The van der Waals surface area contributed by atoms with Gasteiger partial charge in [0.15, 0.2) is 0 Å². The van der Waals surface area contributed by atoms with Gasteiger partial charge in [0.05, 0.1) is 33.7 Å². The van der Waals surface area contributed by atoms with Crippen LogP contribution in [-0.2, 0) is 0 Å². The van der Waals surface area contributed by atoms with E-state index >= 15 is 0 Å². The molecule has 1 amide bonds. The average molecular weight is 300 g/mol. The first-order chi connectivity index (χ1) is 10.2. The van der Waals surface area contributed by atoms with Crippen molar-refractivity contribution in [2.24, 2.45) is 0 Å². The number of hydrogen-bond donors (Lipinski definition) is 0. The fourth-order valence-electron chi connectivity index (χ4n) is 3.42. The van der Waals surface area contributed by atoms with Gasteiger partial charge in [-0.1, -0.05) is 24.2 Å². The molecular weight excluding hydrogens is 286 g/mol. The van der Waals surface area contributed by atoms with Crippen LogP contribution in [0, 0.1) is 0 Å². The minimum absolute atomic E-state index is 0.0109. The Balaban J connectivity index is 2.08. The quantitative estimate of drug-likeness (QED) is 0.809. The van der Waals surface area contributed by atoms with E-state index in [2.05, 4.69) is 11.6 Å². The van der Waals surface area contributed by atoms with Gasteiger partial charge in [-0.2, -0.15) is 0 Å². The van der Waals surface area contributed by atoms with E-state index < -0.39 is 0 Å². The van der Waals surface area contributed by atoms with E-state index in [9.17, 15) is 4.79 Å². The Labute approximate surface area is 127 Å². The van der Waals surface area contributed by atoms with Gasteiger partial charge in [-0.25, -0.2) is 4.98 Å². The molecule has 2 aliphatic rings. The molecule has 106 valence electrons. The average Bonchev–Trinajstić information content (AvgIpc) is 3.10.